The van der Waals surface area contributed by atoms with E-state index in [0.29, 0.717) is 18.2 Å². The highest BCUT2D eigenvalue weighted by Gasteiger charge is 2.42. The molecular formula is C14H22N2O3. The van der Waals surface area contributed by atoms with E-state index < -0.39 is 5.54 Å². The number of rotatable bonds is 5. The molecule has 1 aliphatic heterocycles. The fourth-order valence-corrected chi connectivity index (χ4v) is 2.20. The third-order valence-corrected chi connectivity index (χ3v) is 3.17. The second kappa shape index (κ2) is 6.50. The number of nitrogens with zero attached hydrogens (tertiary/aromatic N) is 2. The predicted octanol–water partition coefficient (Wildman–Crippen LogP) is 2.02. The molecule has 0 aliphatic carbocycles. The molecule has 5 heteroatoms. The second-order valence-electron chi connectivity index (χ2n) is 4.88. The van der Waals surface area contributed by atoms with E-state index in [2.05, 4.69) is 16.6 Å². The van der Waals surface area contributed by atoms with Gasteiger partial charge in [0.05, 0.1) is 14.2 Å². The molecule has 0 fully saturated rings. The number of aliphatic imine (C=N–C) groups is 2. The number of hydrogen-bond donors (Lipinski definition) is 0. The Balaban J connectivity index is 3.28. The van der Waals surface area contributed by atoms with Crippen molar-refractivity contribution in [3.05, 3.63) is 12.7 Å². The molecule has 0 spiro atoms. The van der Waals surface area contributed by atoms with Gasteiger partial charge in [0.25, 0.3) is 0 Å². The number of carbonyl (C=O) groups excluding carboxylic acids is 1. The zero-order valence-corrected chi connectivity index (χ0v) is 12.0. The van der Waals surface area contributed by atoms with Crippen LogP contribution in [0.1, 0.15) is 26.7 Å². The zero-order valence-electron chi connectivity index (χ0n) is 12.0. The van der Waals surface area contributed by atoms with Crippen LogP contribution in [0.3, 0.4) is 0 Å². The SMILES string of the molecule is C=CC[C@@]1(CC=O)N=C(OC)[C@@H](C(C)C)N=C1OC. The second-order valence-corrected chi connectivity index (χ2v) is 4.88. The summed E-state index contributed by atoms with van der Waals surface area (Å²) in [5, 5.41) is 0. The Kier molecular flexibility index (Phi) is 5.27. The summed E-state index contributed by atoms with van der Waals surface area (Å²) in [6.07, 6.45) is 3.22. The van der Waals surface area contributed by atoms with Crippen molar-refractivity contribution >= 4 is 18.1 Å². The Morgan fingerprint density at radius 2 is 2.05 bits per heavy atom. The largest absolute Gasteiger partial charge is 0.483 e. The highest BCUT2D eigenvalue weighted by molar-refractivity contribution is 5.98. The van der Waals surface area contributed by atoms with Crippen LogP contribution in [-0.2, 0) is 14.3 Å². The van der Waals surface area contributed by atoms with Gasteiger partial charge in [-0.25, -0.2) is 9.98 Å². The maximum absolute atomic E-state index is 11.0. The van der Waals surface area contributed by atoms with Gasteiger partial charge in [-0.1, -0.05) is 19.9 Å². The van der Waals surface area contributed by atoms with Crippen LogP contribution >= 0.6 is 0 Å². The molecule has 0 amide bonds. The molecule has 5 nitrogen and oxygen atoms in total. The molecular weight excluding hydrogens is 244 g/mol. The van der Waals surface area contributed by atoms with E-state index in [1.807, 2.05) is 13.8 Å². The predicted molar refractivity (Wildman–Crippen MR) is 75.7 cm³/mol. The van der Waals surface area contributed by atoms with Crippen molar-refractivity contribution in [3.63, 3.8) is 0 Å². The third-order valence-electron chi connectivity index (χ3n) is 3.17. The first kappa shape index (κ1) is 15.4. The van der Waals surface area contributed by atoms with E-state index in [1.54, 1.807) is 20.3 Å². The molecule has 0 unspecified atom stereocenters. The van der Waals surface area contributed by atoms with Gasteiger partial charge in [-0.15, -0.1) is 6.58 Å². The Morgan fingerprint density at radius 3 is 2.47 bits per heavy atom. The number of hydrogen-bond acceptors (Lipinski definition) is 5. The monoisotopic (exact) mass is 266 g/mol. The van der Waals surface area contributed by atoms with Crippen LogP contribution in [0.5, 0.6) is 0 Å². The lowest BCUT2D eigenvalue weighted by Gasteiger charge is -2.34. The number of aldehydes is 1. The molecule has 0 aromatic heterocycles. The fourth-order valence-electron chi connectivity index (χ4n) is 2.20. The Morgan fingerprint density at radius 1 is 1.37 bits per heavy atom. The third kappa shape index (κ3) is 3.03. The maximum atomic E-state index is 11.0. The summed E-state index contributed by atoms with van der Waals surface area (Å²) in [5.74, 6) is 1.25. The van der Waals surface area contributed by atoms with Crippen LogP contribution in [0.15, 0.2) is 22.6 Å². The molecule has 19 heavy (non-hydrogen) atoms. The highest BCUT2D eigenvalue weighted by atomic mass is 16.5. The molecule has 2 atom stereocenters. The topological polar surface area (TPSA) is 60.2 Å². The molecule has 0 radical (unpaired) electrons. The average molecular weight is 266 g/mol. The molecule has 0 saturated heterocycles. The van der Waals surface area contributed by atoms with Crippen LogP contribution in [-0.4, -0.2) is 43.9 Å². The first-order valence-electron chi connectivity index (χ1n) is 6.35. The van der Waals surface area contributed by atoms with Crippen molar-refractivity contribution in [2.45, 2.75) is 38.3 Å². The summed E-state index contributed by atoms with van der Waals surface area (Å²) >= 11 is 0. The molecule has 0 aromatic rings. The molecule has 106 valence electrons. The van der Waals surface area contributed by atoms with Crippen LogP contribution in [0, 0.1) is 5.92 Å². The van der Waals surface area contributed by atoms with Gasteiger partial charge in [-0.2, -0.15) is 0 Å². The van der Waals surface area contributed by atoms with Crippen LogP contribution < -0.4 is 0 Å². The maximum Gasteiger partial charge on any atom is 0.213 e. The molecule has 0 aromatic carbocycles. The van der Waals surface area contributed by atoms with Crippen molar-refractivity contribution in [1.82, 2.24) is 0 Å². The zero-order chi connectivity index (χ0) is 14.5. The van der Waals surface area contributed by atoms with Gasteiger partial charge in [0.1, 0.15) is 17.9 Å². The standard InChI is InChI=1S/C14H22N2O3/c1-6-7-14(8-9-17)13(19-5)15-11(10(2)3)12(16-14)18-4/h6,9-11H,1,7-8H2,2-5H3/t11-,14+/m1/s1. The highest BCUT2D eigenvalue weighted by Crippen LogP contribution is 2.30. The van der Waals surface area contributed by atoms with E-state index in [-0.39, 0.29) is 18.4 Å². The minimum absolute atomic E-state index is 0.176. The fraction of sp³-hybridized carbons (Fsp3) is 0.643. The van der Waals surface area contributed by atoms with Gasteiger partial charge in [-0.05, 0) is 12.3 Å². The van der Waals surface area contributed by atoms with Crippen molar-refractivity contribution in [1.29, 1.82) is 0 Å². The van der Waals surface area contributed by atoms with Gasteiger partial charge in [0, 0.05) is 6.42 Å². The minimum Gasteiger partial charge on any atom is -0.483 e. The number of carbonyl (C=O) groups is 1. The lowest BCUT2D eigenvalue weighted by Crippen LogP contribution is -2.46. The molecule has 1 aliphatic rings. The van der Waals surface area contributed by atoms with Gasteiger partial charge in [0.15, 0.2) is 0 Å². The van der Waals surface area contributed by atoms with Gasteiger partial charge in [0.2, 0.25) is 11.8 Å². The summed E-state index contributed by atoms with van der Waals surface area (Å²) in [6, 6.07) is -0.176. The lowest BCUT2D eigenvalue weighted by atomic mass is 9.89. The van der Waals surface area contributed by atoms with Crippen LogP contribution in [0.4, 0.5) is 0 Å². The quantitative estimate of drug-likeness (QED) is 0.565. The summed E-state index contributed by atoms with van der Waals surface area (Å²) in [4.78, 5) is 20.1. The summed E-state index contributed by atoms with van der Waals surface area (Å²) < 4.78 is 10.7. The van der Waals surface area contributed by atoms with Crippen LogP contribution in [0.2, 0.25) is 0 Å². The van der Waals surface area contributed by atoms with Crippen molar-refractivity contribution < 1.29 is 14.3 Å². The number of methoxy groups -OCH3 is 2. The number of ether oxygens (including phenoxy) is 2. The van der Waals surface area contributed by atoms with Gasteiger partial charge >= 0.3 is 0 Å². The first-order chi connectivity index (χ1) is 9.04. The van der Waals surface area contributed by atoms with Gasteiger partial charge in [-0.3, -0.25) is 0 Å². The summed E-state index contributed by atoms with van der Waals surface area (Å²) in [6.45, 7) is 7.80. The van der Waals surface area contributed by atoms with E-state index in [9.17, 15) is 4.79 Å². The normalized spacial score (nSPS) is 26.5. The molecule has 0 bridgehead atoms. The Bertz CT molecular complexity index is 389. The summed E-state index contributed by atoms with van der Waals surface area (Å²) in [7, 11) is 3.12. The Hall–Kier alpha value is -1.65. The smallest absolute Gasteiger partial charge is 0.213 e. The Labute approximate surface area is 114 Å². The molecule has 0 N–H and O–H groups in total. The minimum atomic E-state index is -0.811. The van der Waals surface area contributed by atoms with Gasteiger partial charge < -0.3 is 14.3 Å². The molecule has 1 heterocycles. The lowest BCUT2D eigenvalue weighted by molar-refractivity contribution is -0.108. The van der Waals surface area contributed by atoms with Crippen molar-refractivity contribution in [3.8, 4) is 0 Å². The van der Waals surface area contributed by atoms with E-state index >= 15 is 0 Å². The van der Waals surface area contributed by atoms with Crippen molar-refractivity contribution in [2.75, 3.05) is 14.2 Å². The van der Waals surface area contributed by atoms with E-state index in [4.69, 9.17) is 9.47 Å². The summed E-state index contributed by atoms with van der Waals surface area (Å²) in [5.41, 5.74) is -0.811. The van der Waals surface area contributed by atoms with E-state index in [0.717, 1.165) is 6.29 Å². The van der Waals surface area contributed by atoms with Crippen molar-refractivity contribution in [2.24, 2.45) is 15.9 Å². The first-order valence-corrected chi connectivity index (χ1v) is 6.35. The molecule has 0 saturated carbocycles. The van der Waals surface area contributed by atoms with Crippen LogP contribution in [0.25, 0.3) is 0 Å². The van der Waals surface area contributed by atoms with E-state index in [1.165, 1.54) is 0 Å². The molecule has 1 rings (SSSR count). The average Bonchev–Trinajstić information content (AvgIpc) is 2.38.